The van der Waals surface area contributed by atoms with Crippen LogP contribution in [0.15, 0.2) is 48.5 Å². The largest absolute Gasteiger partial charge is 0.494 e. The van der Waals surface area contributed by atoms with Gasteiger partial charge in [-0.15, -0.1) is 0 Å². The summed E-state index contributed by atoms with van der Waals surface area (Å²) in [5, 5.41) is 0. The highest BCUT2D eigenvalue weighted by molar-refractivity contribution is 5.71. The fourth-order valence-corrected chi connectivity index (χ4v) is 4.35. The molecule has 34 heavy (non-hydrogen) atoms. The summed E-state index contributed by atoms with van der Waals surface area (Å²) in [4.78, 5) is 28.3. The molecule has 4 rings (SSSR count). The first-order valence-electron chi connectivity index (χ1n) is 11.7. The lowest BCUT2D eigenvalue weighted by Crippen LogP contribution is -2.53. The first-order chi connectivity index (χ1) is 16.5. The second-order valence-corrected chi connectivity index (χ2v) is 8.75. The van der Waals surface area contributed by atoms with E-state index in [1.807, 2.05) is 48.5 Å². The molecule has 1 unspecified atom stereocenters. The molecule has 0 radical (unpaired) electrons. The number of likely N-dealkylation sites (N-methyl/N-ethyl adjacent to an activating group) is 1. The highest BCUT2D eigenvalue weighted by atomic mass is 16.6. The molecular weight excluding hydrogens is 436 g/mol. The van der Waals surface area contributed by atoms with Crippen LogP contribution in [0, 0.1) is 0 Å². The Bertz CT molecular complexity index is 983. The number of amides is 1. The van der Waals surface area contributed by atoms with E-state index in [0.717, 1.165) is 35.6 Å². The van der Waals surface area contributed by atoms with Gasteiger partial charge in [-0.2, -0.15) is 0 Å². The van der Waals surface area contributed by atoms with Crippen molar-refractivity contribution in [2.45, 2.75) is 31.4 Å². The summed E-state index contributed by atoms with van der Waals surface area (Å²) in [6.07, 6.45) is 0.784. The molecule has 2 aromatic carbocycles. The Hall–Kier alpha value is -3.26. The molecule has 2 atom stereocenters. The Kier molecular flexibility index (Phi) is 7.90. The number of hydrogen-bond donors (Lipinski definition) is 0. The fraction of sp³-hybridized carbons (Fsp3) is 0.462. The topological polar surface area (TPSA) is 77.5 Å². The third-order valence-electron chi connectivity index (χ3n) is 6.46. The molecule has 2 aliphatic heterocycles. The van der Waals surface area contributed by atoms with Crippen LogP contribution in [0.2, 0.25) is 0 Å². The number of piperazine rings is 1. The SMILES string of the molecule is COC(=O)CC1COc2ccc(OCC[C@@H]3CN(C(=O)OCc4ccccc4)CCN3C)cc21. The van der Waals surface area contributed by atoms with Gasteiger partial charge in [0.25, 0.3) is 0 Å². The maximum atomic E-state index is 12.6. The van der Waals surface area contributed by atoms with E-state index >= 15 is 0 Å². The molecule has 2 aliphatic rings. The summed E-state index contributed by atoms with van der Waals surface area (Å²) < 4.78 is 22.0. The molecule has 8 heteroatoms. The number of nitrogens with zero attached hydrogens (tertiary/aromatic N) is 2. The van der Waals surface area contributed by atoms with Crippen molar-refractivity contribution in [1.82, 2.24) is 9.80 Å². The average molecular weight is 469 g/mol. The standard InChI is InChI=1S/C26H32N2O6/c1-27-11-12-28(26(30)34-17-19-6-4-3-5-7-19)16-21(27)10-13-32-22-8-9-24-23(15-22)20(18-33-24)14-25(29)31-2/h3-9,15,20-21H,10-14,16-18H2,1-2H3/t20?,21-/m1/s1. The van der Waals surface area contributed by atoms with Gasteiger partial charge in [-0.05, 0) is 37.2 Å². The molecule has 0 spiro atoms. The summed E-state index contributed by atoms with van der Waals surface area (Å²) in [6.45, 7) is 3.30. The van der Waals surface area contributed by atoms with E-state index in [2.05, 4.69) is 11.9 Å². The summed E-state index contributed by atoms with van der Waals surface area (Å²) >= 11 is 0. The summed E-state index contributed by atoms with van der Waals surface area (Å²) in [6, 6.07) is 15.6. The lowest BCUT2D eigenvalue weighted by atomic mass is 9.98. The van der Waals surface area contributed by atoms with Crippen molar-refractivity contribution in [3.05, 3.63) is 59.7 Å². The zero-order valence-corrected chi connectivity index (χ0v) is 19.8. The van der Waals surface area contributed by atoms with Gasteiger partial charge in [0, 0.05) is 37.2 Å². The molecule has 2 aromatic rings. The number of esters is 1. The molecule has 1 amide bonds. The summed E-state index contributed by atoms with van der Waals surface area (Å²) in [7, 11) is 3.46. The van der Waals surface area contributed by atoms with Gasteiger partial charge in [0.05, 0.1) is 26.7 Å². The predicted octanol–water partition coefficient (Wildman–Crippen LogP) is 3.45. The highest BCUT2D eigenvalue weighted by Gasteiger charge is 2.29. The average Bonchev–Trinajstić information content (AvgIpc) is 3.26. The smallest absolute Gasteiger partial charge is 0.410 e. The minimum Gasteiger partial charge on any atom is -0.494 e. The van der Waals surface area contributed by atoms with Gasteiger partial charge in [0.1, 0.15) is 18.1 Å². The van der Waals surface area contributed by atoms with Crippen LogP contribution in [0.1, 0.15) is 29.9 Å². The number of carbonyl (C=O) groups excluding carboxylic acids is 2. The normalized spacial score (nSPS) is 19.8. The monoisotopic (exact) mass is 468 g/mol. The van der Waals surface area contributed by atoms with Gasteiger partial charge in [-0.1, -0.05) is 30.3 Å². The molecule has 0 bridgehead atoms. The summed E-state index contributed by atoms with van der Waals surface area (Å²) in [5.41, 5.74) is 1.95. The zero-order valence-electron chi connectivity index (χ0n) is 19.8. The van der Waals surface area contributed by atoms with E-state index in [9.17, 15) is 9.59 Å². The number of ether oxygens (including phenoxy) is 4. The lowest BCUT2D eigenvalue weighted by Gasteiger charge is -2.38. The number of carbonyl (C=O) groups is 2. The van der Waals surface area contributed by atoms with Crippen LogP contribution in [0.25, 0.3) is 0 Å². The van der Waals surface area contributed by atoms with Gasteiger partial charge < -0.3 is 23.8 Å². The van der Waals surface area contributed by atoms with E-state index in [1.165, 1.54) is 7.11 Å². The molecule has 182 valence electrons. The van der Waals surface area contributed by atoms with E-state index in [4.69, 9.17) is 18.9 Å². The molecule has 8 nitrogen and oxygen atoms in total. The predicted molar refractivity (Wildman–Crippen MR) is 126 cm³/mol. The van der Waals surface area contributed by atoms with Crippen LogP contribution in [-0.4, -0.2) is 74.9 Å². The van der Waals surface area contributed by atoms with Gasteiger partial charge in [-0.3, -0.25) is 9.69 Å². The zero-order chi connectivity index (χ0) is 23.9. The van der Waals surface area contributed by atoms with Crippen LogP contribution in [0.4, 0.5) is 4.79 Å². The minimum absolute atomic E-state index is 0.0223. The highest BCUT2D eigenvalue weighted by Crippen LogP contribution is 2.38. The van der Waals surface area contributed by atoms with Crippen molar-refractivity contribution < 1.29 is 28.5 Å². The Balaban J connectivity index is 1.26. The molecule has 1 saturated heterocycles. The van der Waals surface area contributed by atoms with Crippen LogP contribution < -0.4 is 9.47 Å². The molecule has 0 aromatic heterocycles. The maximum Gasteiger partial charge on any atom is 0.410 e. The number of rotatable bonds is 8. The van der Waals surface area contributed by atoms with Gasteiger partial charge in [-0.25, -0.2) is 4.79 Å². The van der Waals surface area contributed by atoms with E-state index in [0.29, 0.717) is 26.3 Å². The third-order valence-corrected chi connectivity index (χ3v) is 6.46. The van der Waals surface area contributed by atoms with Crippen LogP contribution in [0.3, 0.4) is 0 Å². The third kappa shape index (κ3) is 5.99. The molecule has 0 saturated carbocycles. The Labute approximate surface area is 200 Å². The second kappa shape index (κ2) is 11.2. The molecule has 2 heterocycles. The fourth-order valence-electron chi connectivity index (χ4n) is 4.35. The van der Waals surface area contributed by atoms with Crippen molar-refractivity contribution in [2.75, 3.05) is 47.0 Å². The Morgan fingerprint density at radius 3 is 2.74 bits per heavy atom. The Morgan fingerprint density at radius 2 is 1.94 bits per heavy atom. The van der Waals surface area contributed by atoms with Crippen molar-refractivity contribution >= 4 is 12.1 Å². The molecule has 1 fully saturated rings. The van der Waals surface area contributed by atoms with Crippen molar-refractivity contribution in [1.29, 1.82) is 0 Å². The number of benzene rings is 2. The van der Waals surface area contributed by atoms with Gasteiger partial charge >= 0.3 is 12.1 Å². The first kappa shape index (κ1) is 23.9. The summed E-state index contributed by atoms with van der Waals surface area (Å²) in [5.74, 6) is 1.26. The maximum absolute atomic E-state index is 12.6. The lowest BCUT2D eigenvalue weighted by molar-refractivity contribution is -0.141. The van der Waals surface area contributed by atoms with Crippen LogP contribution >= 0.6 is 0 Å². The van der Waals surface area contributed by atoms with Crippen LogP contribution in [0.5, 0.6) is 11.5 Å². The quantitative estimate of drug-likeness (QED) is 0.549. The van der Waals surface area contributed by atoms with Gasteiger partial charge in [0.2, 0.25) is 0 Å². The van der Waals surface area contributed by atoms with E-state index in [1.54, 1.807) is 4.90 Å². The molecular formula is C26H32N2O6. The van der Waals surface area contributed by atoms with Crippen LogP contribution in [-0.2, 0) is 20.9 Å². The number of fused-ring (bicyclic) bond motifs is 1. The van der Waals surface area contributed by atoms with E-state index < -0.39 is 0 Å². The second-order valence-electron chi connectivity index (χ2n) is 8.75. The minimum atomic E-state index is -0.279. The number of methoxy groups -OCH3 is 1. The van der Waals surface area contributed by atoms with Crippen molar-refractivity contribution in [2.24, 2.45) is 0 Å². The van der Waals surface area contributed by atoms with Crippen molar-refractivity contribution in [3.63, 3.8) is 0 Å². The van der Waals surface area contributed by atoms with Gasteiger partial charge in [0.15, 0.2) is 0 Å². The number of hydrogen-bond acceptors (Lipinski definition) is 7. The Morgan fingerprint density at radius 1 is 1.12 bits per heavy atom. The molecule has 0 N–H and O–H groups in total. The molecule has 0 aliphatic carbocycles. The van der Waals surface area contributed by atoms with E-state index in [-0.39, 0.29) is 37.0 Å². The first-order valence-corrected chi connectivity index (χ1v) is 11.7. The van der Waals surface area contributed by atoms with Crippen molar-refractivity contribution in [3.8, 4) is 11.5 Å².